The van der Waals surface area contributed by atoms with Crippen LogP contribution in [-0.4, -0.2) is 30.1 Å². The van der Waals surface area contributed by atoms with E-state index in [1.807, 2.05) is 38.1 Å². The molecular weight excluding hydrogens is 282 g/mol. The van der Waals surface area contributed by atoms with E-state index in [9.17, 15) is 9.59 Å². The zero-order valence-electron chi connectivity index (χ0n) is 13.3. The average molecular weight is 305 g/mol. The summed E-state index contributed by atoms with van der Waals surface area (Å²) in [7, 11) is 1.60. The van der Waals surface area contributed by atoms with Gasteiger partial charge in [0, 0.05) is 6.04 Å². The second-order valence-corrected chi connectivity index (χ2v) is 6.23. The lowest BCUT2D eigenvalue weighted by Crippen LogP contribution is -2.45. The molecule has 0 aliphatic heterocycles. The summed E-state index contributed by atoms with van der Waals surface area (Å²) in [5, 5.41) is 11.9. The summed E-state index contributed by atoms with van der Waals surface area (Å²) in [6.07, 6.45) is 1.54. The van der Waals surface area contributed by atoms with Crippen molar-refractivity contribution in [3.05, 3.63) is 29.8 Å². The third kappa shape index (κ3) is 3.40. The molecule has 1 aliphatic carbocycles. The van der Waals surface area contributed by atoms with Gasteiger partial charge in [0.05, 0.1) is 18.9 Å². The summed E-state index contributed by atoms with van der Waals surface area (Å²) in [6.45, 7) is 3.83. The first-order chi connectivity index (χ1) is 10.4. The predicted octanol–water partition coefficient (Wildman–Crippen LogP) is 2.34. The number of rotatable bonds is 7. The number of methoxy groups -OCH3 is 1. The van der Waals surface area contributed by atoms with Gasteiger partial charge in [-0.05, 0) is 36.5 Å². The zero-order chi connectivity index (χ0) is 16.3. The van der Waals surface area contributed by atoms with Crippen LogP contribution in [0.4, 0.5) is 0 Å². The van der Waals surface area contributed by atoms with Crippen molar-refractivity contribution in [1.29, 1.82) is 0 Å². The highest BCUT2D eigenvalue weighted by atomic mass is 16.5. The van der Waals surface area contributed by atoms with Crippen molar-refractivity contribution in [2.24, 2.45) is 5.92 Å². The fourth-order valence-corrected chi connectivity index (χ4v) is 2.63. The predicted molar refractivity (Wildman–Crippen MR) is 82.9 cm³/mol. The molecule has 1 amide bonds. The van der Waals surface area contributed by atoms with Crippen molar-refractivity contribution in [3.8, 4) is 5.75 Å². The molecule has 0 spiro atoms. The van der Waals surface area contributed by atoms with Gasteiger partial charge in [-0.15, -0.1) is 0 Å². The van der Waals surface area contributed by atoms with Gasteiger partial charge in [-0.3, -0.25) is 9.59 Å². The fourth-order valence-electron chi connectivity index (χ4n) is 2.63. The Morgan fingerprint density at radius 1 is 1.27 bits per heavy atom. The highest BCUT2D eigenvalue weighted by Gasteiger charge is 2.51. The molecule has 0 saturated heterocycles. The third-order valence-electron chi connectivity index (χ3n) is 4.34. The maximum absolute atomic E-state index is 12.6. The Morgan fingerprint density at radius 2 is 1.86 bits per heavy atom. The molecule has 1 saturated carbocycles. The minimum Gasteiger partial charge on any atom is -0.497 e. The molecule has 0 unspecified atom stereocenters. The van der Waals surface area contributed by atoms with Gasteiger partial charge in [-0.2, -0.15) is 0 Å². The lowest BCUT2D eigenvalue weighted by Gasteiger charge is -2.24. The van der Waals surface area contributed by atoms with Crippen molar-refractivity contribution in [2.75, 3.05) is 7.11 Å². The largest absolute Gasteiger partial charge is 0.497 e. The van der Waals surface area contributed by atoms with Crippen molar-refractivity contribution in [2.45, 2.75) is 44.6 Å². The monoisotopic (exact) mass is 305 g/mol. The number of carboxylic acids is 1. The topological polar surface area (TPSA) is 75.6 Å². The number of benzene rings is 1. The summed E-state index contributed by atoms with van der Waals surface area (Å²) < 4.78 is 5.14. The molecule has 0 aromatic heterocycles. The van der Waals surface area contributed by atoms with E-state index in [2.05, 4.69) is 5.32 Å². The molecule has 0 heterocycles. The standard InChI is InChI=1S/C17H23NO4/c1-11(2)14(10-15(19)20)18-16(21)17(8-9-17)12-4-6-13(22-3)7-5-12/h4-7,11,14H,8-10H2,1-3H3,(H,18,21)(H,19,20)/t14-/m1/s1. The normalized spacial score (nSPS) is 16.9. The quantitative estimate of drug-likeness (QED) is 0.811. The average Bonchev–Trinajstić information content (AvgIpc) is 3.27. The summed E-state index contributed by atoms with van der Waals surface area (Å²) in [5.41, 5.74) is 0.460. The minimum atomic E-state index is -0.895. The van der Waals surface area contributed by atoms with Gasteiger partial charge in [-0.1, -0.05) is 26.0 Å². The van der Waals surface area contributed by atoms with Crippen molar-refractivity contribution in [1.82, 2.24) is 5.32 Å². The molecule has 1 fully saturated rings. The van der Waals surface area contributed by atoms with Gasteiger partial charge in [0.15, 0.2) is 0 Å². The summed E-state index contributed by atoms with van der Waals surface area (Å²) >= 11 is 0. The number of amides is 1. The molecule has 1 aromatic carbocycles. The van der Waals surface area contributed by atoms with Gasteiger partial charge in [0.25, 0.3) is 0 Å². The van der Waals surface area contributed by atoms with Gasteiger partial charge in [-0.25, -0.2) is 0 Å². The Kier molecular flexibility index (Phi) is 4.74. The van der Waals surface area contributed by atoms with Crippen molar-refractivity contribution < 1.29 is 19.4 Å². The molecule has 5 nitrogen and oxygen atoms in total. The van der Waals surface area contributed by atoms with Crippen LogP contribution in [-0.2, 0) is 15.0 Å². The molecule has 1 aromatic rings. The molecule has 120 valence electrons. The van der Waals surface area contributed by atoms with Gasteiger partial charge in [0.1, 0.15) is 5.75 Å². The Morgan fingerprint density at radius 3 is 2.27 bits per heavy atom. The second kappa shape index (κ2) is 6.38. The fraction of sp³-hybridized carbons (Fsp3) is 0.529. The smallest absolute Gasteiger partial charge is 0.305 e. The van der Waals surface area contributed by atoms with Crippen LogP contribution in [0.3, 0.4) is 0 Å². The van der Waals surface area contributed by atoms with Crippen molar-refractivity contribution >= 4 is 11.9 Å². The Labute approximate surface area is 130 Å². The Bertz CT molecular complexity index is 546. The SMILES string of the molecule is COc1ccc(C2(C(=O)N[C@H](CC(=O)O)C(C)C)CC2)cc1. The molecule has 2 N–H and O–H groups in total. The van der Waals surface area contributed by atoms with Crippen LogP contribution < -0.4 is 10.1 Å². The van der Waals surface area contributed by atoms with Crippen molar-refractivity contribution in [3.63, 3.8) is 0 Å². The van der Waals surface area contributed by atoms with Gasteiger partial charge in [0.2, 0.25) is 5.91 Å². The second-order valence-electron chi connectivity index (χ2n) is 6.23. The van der Waals surface area contributed by atoms with Gasteiger partial charge >= 0.3 is 5.97 Å². The van der Waals surface area contributed by atoms with E-state index in [-0.39, 0.29) is 24.3 Å². The molecule has 2 rings (SSSR count). The lowest BCUT2D eigenvalue weighted by molar-refractivity contribution is -0.138. The first-order valence-corrected chi connectivity index (χ1v) is 7.56. The van der Waals surface area contributed by atoms with E-state index in [1.54, 1.807) is 7.11 Å². The first-order valence-electron chi connectivity index (χ1n) is 7.56. The maximum atomic E-state index is 12.6. The van der Waals surface area contributed by atoms with Gasteiger partial charge < -0.3 is 15.2 Å². The molecular formula is C17H23NO4. The Hall–Kier alpha value is -2.04. The third-order valence-corrected chi connectivity index (χ3v) is 4.34. The van der Waals surface area contributed by atoms with E-state index in [1.165, 1.54) is 0 Å². The maximum Gasteiger partial charge on any atom is 0.305 e. The molecule has 1 aliphatic rings. The molecule has 22 heavy (non-hydrogen) atoms. The number of aliphatic carboxylic acids is 1. The van der Waals surface area contributed by atoms with Crippen LogP contribution in [0.5, 0.6) is 5.75 Å². The number of hydrogen-bond donors (Lipinski definition) is 2. The van der Waals surface area contributed by atoms with Crippen LogP contribution >= 0.6 is 0 Å². The van der Waals surface area contributed by atoms with E-state index in [4.69, 9.17) is 9.84 Å². The number of carbonyl (C=O) groups excluding carboxylic acids is 1. The summed E-state index contributed by atoms with van der Waals surface area (Å²) in [6, 6.07) is 7.17. The highest BCUT2D eigenvalue weighted by molar-refractivity contribution is 5.91. The number of nitrogens with one attached hydrogen (secondary N) is 1. The molecule has 0 bridgehead atoms. The van der Waals surface area contributed by atoms with Crippen LogP contribution in [0.15, 0.2) is 24.3 Å². The number of carbonyl (C=O) groups is 2. The number of hydrogen-bond acceptors (Lipinski definition) is 3. The molecule has 0 radical (unpaired) electrons. The van der Waals surface area contributed by atoms with Crippen LogP contribution in [0.2, 0.25) is 0 Å². The lowest BCUT2D eigenvalue weighted by atomic mass is 9.93. The van der Waals surface area contributed by atoms with Crippen LogP contribution in [0.1, 0.15) is 38.7 Å². The van der Waals surface area contributed by atoms with E-state index in [0.29, 0.717) is 0 Å². The number of ether oxygens (including phenoxy) is 1. The summed E-state index contributed by atoms with van der Waals surface area (Å²) in [5.74, 6) is -0.136. The summed E-state index contributed by atoms with van der Waals surface area (Å²) in [4.78, 5) is 23.6. The van der Waals surface area contributed by atoms with E-state index < -0.39 is 11.4 Å². The number of carboxylic acid groups (broad SMARTS) is 1. The molecule has 1 atom stereocenters. The van der Waals surface area contributed by atoms with Crippen LogP contribution in [0, 0.1) is 5.92 Å². The minimum absolute atomic E-state index is 0.0535. The molecule has 5 heteroatoms. The first kappa shape index (κ1) is 16.3. The van der Waals surface area contributed by atoms with E-state index in [0.717, 1.165) is 24.2 Å². The zero-order valence-corrected chi connectivity index (χ0v) is 13.3. The highest BCUT2D eigenvalue weighted by Crippen LogP contribution is 2.48. The van der Waals surface area contributed by atoms with E-state index >= 15 is 0 Å². The Balaban J connectivity index is 2.11. The van der Waals surface area contributed by atoms with Crippen LogP contribution in [0.25, 0.3) is 0 Å².